The molecule has 0 aliphatic heterocycles. The first-order chi connectivity index (χ1) is 13.9. The molecule has 9 nitrogen and oxygen atoms in total. The molecule has 3 aromatic rings. The number of hydrogen-bond acceptors (Lipinski definition) is 8. The fourth-order valence-corrected chi connectivity index (χ4v) is 4.33. The van der Waals surface area contributed by atoms with Crippen LogP contribution in [0, 0.1) is 10.1 Å². The Morgan fingerprint density at radius 3 is 2.62 bits per heavy atom. The monoisotopic (exact) mass is 435 g/mol. The van der Waals surface area contributed by atoms with Crippen molar-refractivity contribution in [2.45, 2.75) is 20.4 Å². The van der Waals surface area contributed by atoms with Crippen LogP contribution in [0.3, 0.4) is 0 Å². The largest absolute Gasteiger partial charge is 0.494 e. The van der Waals surface area contributed by atoms with Crippen LogP contribution in [0.4, 0.5) is 5.00 Å². The average molecular weight is 435 g/mol. The van der Waals surface area contributed by atoms with E-state index >= 15 is 0 Å². The number of thiophene rings is 1. The van der Waals surface area contributed by atoms with Crippen LogP contribution in [-0.2, 0) is 16.1 Å². The lowest BCUT2D eigenvalue weighted by Gasteiger charge is -2.06. The number of nitro groups is 1. The van der Waals surface area contributed by atoms with Crippen molar-refractivity contribution in [3.63, 3.8) is 0 Å². The molecule has 2 heterocycles. The topological polar surface area (TPSA) is 113 Å². The third-order valence-corrected chi connectivity index (χ3v) is 5.80. The smallest absolute Gasteiger partial charge is 0.326 e. The average Bonchev–Trinajstić information content (AvgIpc) is 3.28. The summed E-state index contributed by atoms with van der Waals surface area (Å²) in [4.78, 5) is 39.4. The summed E-state index contributed by atoms with van der Waals surface area (Å²) in [5.41, 5.74) is 0.704. The second kappa shape index (κ2) is 8.97. The molecule has 0 unspecified atom stereocenters. The molecule has 0 saturated carbocycles. The molecule has 3 rings (SSSR count). The van der Waals surface area contributed by atoms with E-state index in [1.54, 1.807) is 23.6 Å². The van der Waals surface area contributed by atoms with Crippen LogP contribution in [0.5, 0.6) is 5.75 Å². The van der Waals surface area contributed by atoms with Crippen molar-refractivity contribution < 1.29 is 24.0 Å². The van der Waals surface area contributed by atoms with Crippen molar-refractivity contribution >= 4 is 49.8 Å². The van der Waals surface area contributed by atoms with E-state index in [1.807, 2.05) is 13.0 Å². The van der Waals surface area contributed by atoms with Gasteiger partial charge in [0.2, 0.25) is 0 Å². The molecular weight excluding hydrogens is 418 g/mol. The van der Waals surface area contributed by atoms with Crippen LogP contribution < -0.4 is 9.54 Å². The summed E-state index contributed by atoms with van der Waals surface area (Å²) in [5, 5.41) is 10.7. The third kappa shape index (κ3) is 4.69. The predicted octanol–water partition coefficient (Wildman–Crippen LogP) is 3.38. The summed E-state index contributed by atoms with van der Waals surface area (Å²) in [6, 6.07) is 8.00. The number of carbonyl (C=O) groups excluding carboxylic acids is 2. The number of aromatic nitrogens is 1. The summed E-state index contributed by atoms with van der Waals surface area (Å²) in [7, 11) is 0. The van der Waals surface area contributed by atoms with Crippen LogP contribution in [0.2, 0.25) is 0 Å². The first kappa shape index (κ1) is 20.7. The first-order valence-corrected chi connectivity index (χ1v) is 10.3. The number of rotatable bonds is 7. The Morgan fingerprint density at radius 2 is 1.97 bits per heavy atom. The molecule has 29 heavy (non-hydrogen) atoms. The molecule has 0 aliphatic rings. The summed E-state index contributed by atoms with van der Waals surface area (Å²) < 4.78 is 12.9. The van der Waals surface area contributed by atoms with Gasteiger partial charge in [-0.1, -0.05) is 22.7 Å². The number of esters is 1. The van der Waals surface area contributed by atoms with Crippen molar-refractivity contribution in [3.8, 4) is 5.75 Å². The molecular formula is C18H17N3O6S2. The van der Waals surface area contributed by atoms with Crippen LogP contribution in [0.15, 0.2) is 35.3 Å². The molecule has 0 fully saturated rings. The molecule has 152 valence electrons. The van der Waals surface area contributed by atoms with Gasteiger partial charge < -0.3 is 14.0 Å². The van der Waals surface area contributed by atoms with E-state index in [9.17, 15) is 19.7 Å². The summed E-state index contributed by atoms with van der Waals surface area (Å²) >= 11 is 1.97. The molecule has 11 heteroatoms. The lowest BCUT2D eigenvalue weighted by Crippen LogP contribution is -2.23. The van der Waals surface area contributed by atoms with Gasteiger partial charge in [-0.15, -0.1) is 0 Å². The van der Waals surface area contributed by atoms with Gasteiger partial charge in [-0.05, 0) is 38.1 Å². The number of hydrogen-bond donors (Lipinski definition) is 0. The molecule has 2 aromatic heterocycles. The van der Waals surface area contributed by atoms with Gasteiger partial charge in [0.05, 0.1) is 28.4 Å². The normalized spacial score (nSPS) is 11.6. The molecule has 1 aromatic carbocycles. The molecule has 0 N–H and O–H groups in total. The Morgan fingerprint density at radius 1 is 1.17 bits per heavy atom. The minimum atomic E-state index is -0.614. The summed E-state index contributed by atoms with van der Waals surface area (Å²) in [6.45, 7) is 4.21. The van der Waals surface area contributed by atoms with Crippen molar-refractivity contribution in [3.05, 3.63) is 50.1 Å². The number of ether oxygens (including phenoxy) is 2. The fourth-order valence-electron chi connectivity index (χ4n) is 2.57. The van der Waals surface area contributed by atoms with Gasteiger partial charge in [-0.25, -0.2) is 0 Å². The van der Waals surface area contributed by atoms with Gasteiger partial charge >= 0.3 is 11.0 Å². The van der Waals surface area contributed by atoms with Crippen molar-refractivity contribution in [1.82, 2.24) is 4.57 Å². The van der Waals surface area contributed by atoms with E-state index in [0.29, 0.717) is 22.7 Å². The Bertz CT molecular complexity index is 1140. The van der Waals surface area contributed by atoms with E-state index in [4.69, 9.17) is 9.47 Å². The third-order valence-electron chi connectivity index (χ3n) is 3.74. The zero-order chi connectivity index (χ0) is 21.0. The summed E-state index contributed by atoms with van der Waals surface area (Å²) in [5.74, 6) is -0.407. The van der Waals surface area contributed by atoms with Crippen LogP contribution in [-0.4, -0.2) is 34.6 Å². The molecule has 0 bridgehead atoms. The molecule has 0 atom stereocenters. The van der Waals surface area contributed by atoms with E-state index in [-0.39, 0.29) is 23.0 Å². The quantitative estimate of drug-likeness (QED) is 0.319. The molecule has 0 saturated heterocycles. The lowest BCUT2D eigenvalue weighted by atomic mass is 10.3. The second-order valence-electron chi connectivity index (χ2n) is 5.65. The zero-order valence-electron chi connectivity index (χ0n) is 15.6. The first-order valence-electron chi connectivity index (χ1n) is 8.68. The van der Waals surface area contributed by atoms with Crippen molar-refractivity contribution in [2.75, 3.05) is 13.2 Å². The maximum absolute atomic E-state index is 12.5. The molecule has 0 radical (unpaired) electrons. The van der Waals surface area contributed by atoms with E-state index < -0.39 is 16.8 Å². The van der Waals surface area contributed by atoms with Crippen LogP contribution >= 0.6 is 22.7 Å². The van der Waals surface area contributed by atoms with Crippen LogP contribution in [0.1, 0.15) is 23.5 Å². The Labute approximate surface area is 173 Å². The standard InChI is InChI=1S/C18H17N3O6S2/c1-3-26-11-5-6-12-14(9-11)29-18(20(12)10-16(22)27-4-2)19-17(23)13-7-8-15(28-13)21(24)25/h5-9H,3-4,10H2,1-2H3. The number of benzene rings is 1. The van der Waals surface area contributed by atoms with Gasteiger partial charge in [-0.3, -0.25) is 19.7 Å². The SMILES string of the molecule is CCOC(=O)Cn1c(=NC(=O)c2ccc([N+](=O)[O-])s2)sc2cc(OCC)ccc21. The predicted molar refractivity (Wildman–Crippen MR) is 108 cm³/mol. The Balaban J connectivity index is 2.07. The van der Waals surface area contributed by atoms with E-state index in [0.717, 1.165) is 16.0 Å². The number of carbonyl (C=O) groups is 2. The molecule has 0 aliphatic carbocycles. The van der Waals surface area contributed by atoms with Crippen LogP contribution in [0.25, 0.3) is 10.2 Å². The van der Waals surface area contributed by atoms with Gasteiger partial charge in [0.1, 0.15) is 17.2 Å². The molecule has 0 spiro atoms. The van der Waals surface area contributed by atoms with Crippen molar-refractivity contribution in [1.29, 1.82) is 0 Å². The van der Waals surface area contributed by atoms with E-state index in [2.05, 4.69) is 4.99 Å². The number of fused-ring (bicyclic) bond motifs is 1. The zero-order valence-corrected chi connectivity index (χ0v) is 17.2. The van der Waals surface area contributed by atoms with Gasteiger partial charge in [-0.2, -0.15) is 4.99 Å². The highest BCUT2D eigenvalue weighted by atomic mass is 32.1. The number of thiazole rings is 1. The Hall–Kier alpha value is -3.05. The van der Waals surface area contributed by atoms with Gasteiger partial charge in [0, 0.05) is 6.07 Å². The van der Waals surface area contributed by atoms with Crippen molar-refractivity contribution in [2.24, 2.45) is 4.99 Å². The summed E-state index contributed by atoms with van der Waals surface area (Å²) in [6.07, 6.45) is 0. The highest BCUT2D eigenvalue weighted by Crippen LogP contribution is 2.26. The van der Waals surface area contributed by atoms with E-state index in [1.165, 1.54) is 23.5 Å². The lowest BCUT2D eigenvalue weighted by molar-refractivity contribution is -0.380. The molecule has 1 amide bonds. The van der Waals surface area contributed by atoms with Gasteiger partial charge in [0.25, 0.3) is 5.91 Å². The number of amides is 1. The highest BCUT2D eigenvalue weighted by Gasteiger charge is 2.17. The highest BCUT2D eigenvalue weighted by molar-refractivity contribution is 7.17. The second-order valence-corrected chi connectivity index (χ2v) is 7.72. The minimum Gasteiger partial charge on any atom is -0.494 e. The maximum atomic E-state index is 12.5. The number of nitrogens with zero attached hydrogens (tertiary/aromatic N) is 3. The minimum absolute atomic E-state index is 0.113. The maximum Gasteiger partial charge on any atom is 0.326 e. The fraction of sp³-hybridized carbons (Fsp3) is 0.278. The van der Waals surface area contributed by atoms with Gasteiger partial charge in [0.15, 0.2) is 4.80 Å². The Kier molecular flexibility index (Phi) is 6.39.